The van der Waals surface area contributed by atoms with Gasteiger partial charge in [-0.15, -0.1) is 11.8 Å². The average Bonchev–Trinajstić information content (AvgIpc) is 2.47. The van der Waals surface area contributed by atoms with Gasteiger partial charge in [0, 0.05) is 30.7 Å². The number of anilines is 1. The number of thioether (sulfide) groups is 1. The maximum absolute atomic E-state index is 12.1. The van der Waals surface area contributed by atoms with Crippen molar-refractivity contribution in [3.05, 3.63) is 24.3 Å². The minimum atomic E-state index is -2.94. The average molecular weight is 329 g/mol. The number of carbonyl (C=O) groups is 1. The fraction of sp³-hybridized carbons (Fsp3) is 0.462. The van der Waals surface area contributed by atoms with Crippen LogP contribution in [0.4, 0.5) is 10.5 Å². The van der Waals surface area contributed by atoms with Crippen LogP contribution in [0.3, 0.4) is 0 Å². The monoisotopic (exact) mass is 329 g/mol. The van der Waals surface area contributed by atoms with Crippen LogP contribution in [-0.4, -0.2) is 62.4 Å². The van der Waals surface area contributed by atoms with E-state index in [4.69, 9.17) is 0 Å². The normalized spacial score (nSPS) is 18.2. The van der Waals surface area contributed by atoms with E-state index in [-0.39, 0.29) is 17.5 Å². The Bertz CT molecular complexity index is 588. The lowest BCUT2D eigenvalue weighted by Gasteiger charge is -2.34. The van der Waals surface area contributed by atoms with Crippen LogP contribution in [0.5, 0.6) is 0 Å². The number of hydrogen-bond donors (Lipinski definition) is 1. The first-order valence-electron chi connectivity index (χ1n) is 6.55. The van der Waals surface area contributed by atoms with Gasteiger partial charge >= 0.3 is 6.03 Å². The zero-order valence-corrected chi connectivity index (χ0v) is 13.7. The number of carbonyl (C=O) groups excluding carboxylic acids is 1. The maximum atomic E-state index is 12.1. The summed E-state index contributed by atoms with van der Waals surface area (Å²) in [6.45, 7) is 0.690. The van der Waals surface area contributed by atoms with Crippen molar-refractivity contribution in [1.29, 1.82) is 0 Å². The van der Waals surface area contributed by atoms with Gasteiger partial charge in [-0.05, 0) is 30.5 Å². The van der Waals surface area contributed by atoms with Crippen LogP contribution in [0.15, 0.2) is 29.2 Å². The number of urea groups is 1. The summed E-state index contributed by atoms with van der Waals surface area (Å²) in [5, 5.41) is 5.98. The molecule has 6 nitrogen and oxygen atoms in total. The molecule has 0 unspecified atom stereocenters. The van der Waals surface area contributed by atoms with Gasteiger partial charge in [-0.2, -0.15) is 0 Å². The van der Waals surface area contributed by atoms with E-state index >= 15 is 0 Å². The topological polar surface area (TPSA) is 69.7 Å². The summed E-state index contributed by atoms with van der Waals surface area (Å²) < 4.78 is 22.8. The summed E-state index contributed by atoms with van der Waals surface area (Å²) in [5.41, 5.74) is 0.717. The largest absolute Gasteiger partial charge is 0.336 e. The number of benzene rings is 1. The summed E-state index contributed by atoms with van der Waals surface area (Å²) >= 11 is 1.64. The fourth-order valence-electron chi connectivity index (χ4n) is 2.01. The summed E-state index contributed by atoms with van der Waals surface area (Å²) in [5.74, 6) is 0.181. The van der Waals surface area contributed by atoms with Crippen molar-refractivity contribution in [1.82, 2.24) is 10.0 Å². The number of sulfone groups is 1. The third kappa shape index (κ3) is 4.36. The summed E-state index contributed by atoms with van der Waals surface area (Å²) in [7, 11) is -1.30. The van der Waals surface area contributed by atoms with E-state index in [1.165, 1.54) is 5.01 Å². The van der Waals surface area contributed by atoms with Crippen molar-refractivity contribution < 1.29 is 13.2 Å². The standard InChI is InChI=1S/C13H19N3O3S2/c1-15(16-7-9-21(18,19)10-8-16)13(17)14-11-3-5-12(20-2)6-4-11/h3-6H,7-10H2,1-2H3,(H,14,17). The van der Waals surface area contributed by atoms with Gasteiger partial charge < -0.3 is 5.32 Å². The molecule has 1 aliphatic heterocycles. The third-order valence-electron chi connectivity index (χ3n) is 3.38. The molecule has 1 fully saturated rings. The predicted octanol–water partition coefficient (Wildman–Crippen LogP) is 1.52. The van der Waals surface area contributed by atoms with Crippen LogP contribution < -0.4 is 5.32 Å². The first-order chi connectivity index (χ1) is 9.91. The molecule has 2 amide bonds. The van der Waals surface area contributed by atoms with Gasteiger partial charge in [0.15, 0.2) is 9.84 Å². The number of nitrogens with zero attached hydrogens (tertiary/aromatic N) is 2. The molecule has 1 N–H and O–H groups in total. The Balaban J connectivity index is 1.93. The van der Waals surface area contributed by atoms with E-state index in [1.54, 1.807) is 23.8 Å². The maximum Gasteiger partial charge on any atom is 0.336 e. The molecule has 21 heavy (non-hydrogen) atoms. The molecule has 8 heteroatoms. The van der Waals surface area contributed by atoms with E-state index < -0.39 is 9.84 Å². The molecule has 1 aromatic rings. The minimum Gasteiger partial charge on any atom is -0.307 e. The predicted molar refractivity (Wildman–Crippen MR) is 85.2 cm³/mol. The lowest BCUT2D eigenvalue weighted by atomic mass is 10.3. The SMILES string of the molecule is CSc1ccc(NC(=O)N(C)N2CCS(=O)(=O)CC2)cc1. The van der Waals surface area contributed by atoms with Gasteiger partial charge in [-0.25, -0.2) is 18.2 Å². The number of hydrazine groups is 1. The third-order valence-corrected chi connectivity index (χ3v) is 5.73. The molecule has 1 heterocycles. The Labute approximate surface area is 129 Å². The molecule has 1 saturated heterocycles. The first kappa shape index (κ1) is 16.1. The highest BCUT2D eigenvalue weighted by Crippen LogP contribution is 2.18. The molecule has 0 atom stereocenters. The summed E-state index contributed by atoms with van der Waals surface area (Å²) in [6, 6.07) is 7.30. The Kier molecular flexibility index (Phi) is 5.13. The summed E-state index contributed by atoms with van der Waals surface area (Å²) in [4.78, 5) is 13.3. The lowest BCUT2D eigenvalue weighted by molar-refractivity contribution is 0.0512. The van der Waals surface area contributed by atoms with Gasteiger partial charge in [0.25, 0.3) is 0 Å². The minimum absolute atomic E-state index is 0.0903. The molecule has 0 radical (unpaired) electrons. The Hall–Kier alpha value is -1.25. The van der Waals surface area contributed by atoms with E-state index in [2.05, 4.69) is 5.32 Å². The van der Waals surface area contributed by atoms with Crippen LogP contribution in [0.25, 0.3) is 0 Å². The molecule has 0 bridgehead atoms. The van der Waals surface area contributed by atoms with Crippen molar-refractivity contribution in [2.45, 2.75) is 4.90 Å². The highest BCUT2D eigenvalue weighted by atomic mass is 32.2. The molecule has 2 rings (SSSR count). The molecule has 116 valence electrons. The van der Waals surface area contributed by atoms with Gasteiger partial charge in [0.2, 0.25) is 0 Å². The Morgan fingerprint density at radius 3 is 2.33 bits per heavy atom. The lowest BCUT2D eigenvalue weighted by Crippen LogP contribution is -2.52. The van der Waals surface area contributed by atoms with Crippen molar-refractivity contribution >= 4 is 33.3 Å². The van der Waals surface area contributed by atoms with Crippen LogP contribution >= 0.6 is 11.8 Å². The number of rotatable bonds is 3. The smallest absolute Gasteiger partial charge is 0.307 e. The zero-order valence-electron chi connectivity index (χ0n) is 12.1. The van der Waals surface area contributed by atoms with Gasteiger partial charge in [0.05, 0.1) is 11.5 Å². The van der Waals surface area contributed by atoms with Gasteiger partial charge in [-0.1, -0.05) is 0 Å². The Morgan fingerprint density at radius 1 is 1.24 bits per heavy atom. The Morgan fingerprint density at radius 2 is 1.81 bits per heavy atom. The molecular formula is C13H19N3O3S2. The van der Waals surface area contributed by atoms with E-state index in [1.807, 2.05) is 30.5 Å². The molecule has 0 spiro atoms. The number of amides is 2. The highest BCUT2D eigenvalue weighted by Gasteiger charge is 2.26. The second-order valence-electron chi connectivity index (χ2n) is 4.79. The number of hydrogen-bond acceptors (Lipinski definition) is 5. The zero-order chi connectivity index (χ0) is 15.5. The van der Waals surface area contributed by atoms with Crippen molar-refractivity contribution in [2.75, 3.05) is 43.2 Å². The fourth-order valence-corrected chi connectivity index (χ4v) is 3.60. The second-order valence-corrected chi connectivity index (χ2v) is 7.97. The van der Waals surface area contributed by atoms with Crippen LogP contribution in [0.1, 0.15) is 0 Å². The quantitative estimate of drug-likeness (QED) is 0.852. The molecule has 1 aromatic carbocycles. The van der Waals surface area contributed by atoms with Crippen LogP contribution in [0.2, 0.25) is 0 Å². The molecule has 0 saturated carbocycles. The first-order valence-corrected chi connectivity index (χ1v) is 9.60. The van der Waals surface area contributed by atoms with E-state index in [0.717, 1.165) is 4.90 Å². The van der Waals surface area contributed by atoms with Gasteiger partial charge in [-0.3, -0.25) is 5.01 Å². The van der Waals surface area contributed by atoms with Crippen molar-refractivity contribution in [3.63, 3.8) is 0 Å². The summed E-state index contributed by atoms with van der Waals surface area (Å²) in [6.07, 6.45) is 1.99. The van der Waals surface area contributed by atoms with Crippen LogP contribution in [0, 0.1) is 0 Å². The van der Waals surface area contributed by atoms with Crippen molar-refractivity contribution in [3.8, 4) is 0 Å². The van der Waals surface area contributed by atoms with E-state index in [9.17, 15) is 13.2 Å². The van der Waals surface area contributed by atoms with E-state index in [0.29, 0.717) is 18.8 Å². The van der Waals surface area contributed by atoms with Crippen molar-refractivity contribution in [2.24, 2.45) is 0 Å². The molecule has 1 aliphatic rings. The number of nitrogens with one attached hydrogen (secondary N) is 1. The van der Waals surface area contributed by atoms with Crippen LogP contribution in [-0.2, 0) is 9.84 Å². The van der Waals surface area contributed by atoms with Gasteiger partial charge in [0.1, 0.15) is 0 Å². The highest BCUT2D eigenvalue weighted by molar-refractivity contribution is 7.98. The second kappa shape index (κ2) is 6.67. The molecular weight excluding hydrogens is 310 g/mol. The molecule has 0 aromatic heterocycles. The molecule has 0 aliphatic carbocycles.